The second-order valence-corrected chi connectivity index (χ2v) is 12.0. The van der Waals surface area contributed by atoms with E-state index in [1.165, 1.54) is 81.5 Å². The Morgan fingerprint density at radius 2 is 1.68 bits per heavy atom. The zero-order valence-corrected chi connectivity index (χ0v) is 24.7. The zero-order chi connectivity index (χ0) is 26.3. The van der Waals surface area contributed by atoms with Gasteiger partial charge >= 0.3 is 5.97 Å². The molecule has 0 amide bonds. The molecule has 1 aliphatic carbocycles. The molecule has 210 valence electrons. The van der Waals surface area contributed by atoms with E-state index in [0.717, 1.165) is 61.8 Å². The Labute approximate surface area is 230 Å². The molecule has 0 aromatic carbocycles. The summed E-state index contributed by atoms with van der Waals surface area (Å²) in [6.45, 7) is 6.96. The topological polar surface area (TPSA) is 61.3 Å². The summed E-state index contributed by atoms with van der Waals surface area (Å²) in [4.78, 5) is 13.0. The SMILES string of the molecule is CCCCCCCCCC(=O)OC(C1CCCC1)[N+]1(C)CCC=C(c2nsnc2OCCCCCC)C1. The number of esters is 1. The molecule has 0 bridgehead atoms. The van der Waals surface area contributed by atoms with E-state index in [4.69, 9.17) is 9.47 Å². The molecule has 3 rings (SSSR count). The van der Waals surface area contributed by atoms with Crippen LogP contribution in [0.25, 0.3) is 5.57 Å². The Kier molecular flexibility index (Phi) is 13.4. The maximum absolute atomic E-state index is 13.0. The molecular formula is C30H52N3O3S+. The van der Waals surface area contributed by atoms with E-state index >= 15 is 0 Å². The maximum atomic E-state index is 13.0. The molecule has 2 heterocycles. The van der Waals surface area contributed by atoms with Crippen LogP contribution in [0.1, 0.15) is 129 Å². The third kappa shape index (κ3) is 9.65. The van der Waals surface area contributed by atoms with Crippen LogP contribution < -0.4 is 4.74 Å². The molecule has 2 aliphatic rings. The van der Waals surface area contributed by atoms with Crippen LogP contribution in [0.2, 0.25) is 0 Å². The Morgan fingerprint density at radius 1 is 1.00 bits per heavy atom. The maximum Gasteiger partial charge on any atom is 0.310 e. The number of carbonyl (C=O) groups excluding carboxylic acids is 1. The number of unbranched alkanes of at least 4 members (excludes halogenated alkanes) is 9. The average Bonchev–Trinajstić information content (AvgIpc) is 3.59. The average molecular weight is 535 g/mol. The normalized spacial score (nSPS) is 21.1. The Bertz CT molecular complexity index is 821. The number of nitrogens with zero attached hydrogens (tertiary/aromatic N) is 3. The minimum atomic E-state index is -0.0757. The number of aromatic nitrogens is 2. The van der Waals surface area contributed by atoms with E-state index in [9.17, 15) is 4.79 Å². The number of hydrogen-bond donors (Lipinski definition) is 0. The molecule has 2 unspecified atom stereocenters. The first-order chi connectivity index (χ1) is 18.1. The van der Waals surface area contributed by atoms with Crippen molar-refractivity contribution in [3.63, 3.8) is 0 Å². The van der Waals surface area contributed by atoms with Crippen molar-refractivity contribution in [2.75, 3.05) is 26.7 Å². The molecule has 0 saturated heterocycles. The number of rotatable bonds is 18. The molecule has 1 aliphatic heterocycles. The van der Waals surface area contributed by atoms with Crippen LogP contribution in [0, 0.1) is 5.92 Å². The molecule has 0 radical (unpaired) electrons. The number of hydrogen-bond acceptors (Lipinski definition) is 6. The Morgan fingerprint density at radius 3 is 2.41 bits per heavy atom. The summed E-state index contributed by atoms with van der Waals surface area (Å²) in [6, 6.07) is 0. The fourth-order valence-corrected chi connectivity index (χ4v) is 6.55. The van der Waals surface area contributed by atoms with Crippen molar-refractivity contribution in [3.05, 3.63) is 11.8 Å². The monoisotopic (exact) mass is 534 g/mol. The molecule has 2 atom stereocenters. The lowest BCUT2D eigenvalue weighted by Gasteiger charge is -2.45. The summed E-state index contributed by atoms with van der Waals surface area (Å²) in [6.07, 6.45) is 21.7. The molecule has 0 spiro atoms. The van der Waals surface area contributed by atoms with Gasteiger partial charge in [-0.25, -0.2) is 0 Å². The van der Waals surface area contributed by atoms with Gasteiger partial charge < -0.3 is 9.47 Å². The van der Waals surface area contributed by atoms with Gasteiger partial charge in [-0.3, -0.25) is 9.28 Å². The summed E-state index contributed by atoms with van der Waals surface area (Å²) in [5.41, 5.74) is 2.08. The molecule has 1 aromatic rings. The molecule has 1 aromatic heterocycles. The van der Waals surface area contributed by atoms with Gasteiger partial charge in [0.15, 0.2) is 0 Å². The van der Waals surface area contributed by atoms with Crippen molar-refractivity contribution in [2.45, 2.75) is 129 Å². The highest BCUT2D eigenvalue weighted by atomic mass is 32.1. The van der Waals surface area contributed by atoms with Gasteiger partial charge in [0, 0.05) is 24.3 Å². The first kappa shape index (κ1) is 30.1. The van der Waals surface area contributed by atoms with Crippen molar-refractivity contribution in [2.24, 2.45) is 5.92 Å². The lowest BCUT2D eigenvalue weighted by atomic mass is 9.98. The van der Waals surface area contributed by atoms with Crippen LogP contribution in [0.4, 0.5) is 0 Å². The first-order valence-corrected chi connectivity index (χ1v) is 16.0. The highest BCUT2D eigenvalue weighted by molar-refractivity contribution is 6.99. The highest BCUT2D eigenvalue weighted by Gasteiger charge is 2.44. The summed E-state index contributed by atoms with van der Waals surface area (Å²) < 4.78 is 22.3. The van der Waals surface area contributed by atoms with Crippen molar-refractivity contribution in [1.82, 2.24) is 8.75 Å². The minimum Gasteiger partial charge on any atom is -0.475 e. The highest BCUT2D eigenvalue weighted by Crippen LogP contribution is 2.38. The minimum absolute atomic E-state index is 0.00709. The van der Waals surface area contributed by atoms with Gasteiger partial charge in [0.25, 0.3) is 5.88 Å². The molecule has 7 heteroatoms. The van der Waals surface area contributed by atoms with Crippen LogP contribution >= 0.6 is 11.7 Å². The van der Waals surface area contributed by atoms with Gasteiger partial charge in [0.2, 0.25) is 6.23 Å². The fraction of sp³-hybridized carbons (Fsp3) is 0.833. The number of ether oxygens (including phenoxy) is 2. The molecule has 1 fully saturated rings. The number of likely N-dealkylation sites (N-methyl/N-ethyl adjacent to an activating group) is 1. The number of carbonyl (C=O) groups is 1. The summed E-state index contributed by atoms with van der Waals surface area (Å²) in [7, 11) is 2.28. The van der Waals surface area contributed by atoms with Crippen molar-refractivity contribution in [3.8, 4) is 5.88 Å². The van der Waals surface area contributed by atoms with E-state index < -0.39 is 0 Å². The van der Waals surface area contributed by atoms with Gasteiger partial charge in [0.05, 0.1) is 31.9 Å². The molecule has 6 nitrogen and oxygen atoms in total. The molecule has 1 saturated carbocycles. The van der Waals surface area contributed by atoms with Crippen molar-refractivity contribution < 1.29 is 18.8 Å². The van der Waals surface area contributed by atoms with E-state index in [0.29, 0.717) is 24.8 Å². The molecular weight excluding hydrogens is 482 g/mol. The van der Waals surface area contributed by atoms with Gasteiger partial charge in [-0.1, -0.05) is 90.6 Å². The number of quaternary nitrogens is 1. The van der Waals surface area contributed by atoms with Crippen molar-refractivity contribution >= 4 is 23.3 Å². The van der Waals surface area contributed by atoms with Gasteiger partial charge in [-0.2, -0.15) is 4.37 Å². The lowest BCUT2D eigenvalue weighted by Crippen LogP contribution is -2.59. The van der Waals surface area contributed by atoms with E-state index in [2.05, 4.69) is 35.7 Å². The fourth-order valence-electron chi connectivity index (χ4n) is 6.02. The quantitative estimate of drug-likeness (QED) is 0.109. The van der Waals surface area contributed by atoms with Crippen LogP contribution in [0.3, 0.4) is 0 Å². The first-order valence-electron chi connectivity index (χ1n) is 15.3. The summed E-state index contributed by atoms with van der Waals surface area (Å²) in [5.74, 6) is 1.12. The van der Waals surface area contributed by atoms with Crippen LogP contribution in [-0.2, 0) is 9.53 Å². The zero-order valence-electron chi connectivity index (χ0n) is 23.8. The third-order valence-electron chi connectivity index (χ3n) is 8.22. The summed E-state index contributed by atoms with van der Waals surface area (Å²) >= 11 is 1.23. The summed E-state index contributed by atoms with van der Waals surface area (Å²) in [5, 5.41) is 0. The smallest absolute Gasteiger partial charge is 0.310 e. The molecule has 0 N–H and O–H groups in total. The van der Waals surface area contributed by atoms with Gasteiger partial charge in [0.1, 0.15) is 12.2 Å². The van der Waals surface area contributed by atoms with Crippen molar-refractivity contribution in [1.29, 1.82) is 0 Å². The van der Waals surface area contributed by atoms with E-state index in [1.807, 2.05) is 0 Å². The predicted molar refractivity (Wildman–Crippen MR) is 153 cm³/mol. The third-order valence-corrected chi connectivity index (χ3v) is 8.73. The Balaban J connectivity index is 1.58. The second kappa shape index (κ2) is 16.5. The largest absolute Gasteiger partial charge is 0.475 e. The van der Waals surface area contributed by atoms with E-state index in [-0.39, 0.29) is 12.2 Å². The van der Waals surface area contributed by atoms with Crippen LogP contribution in [0.15, 0.2) is 6.08 Å². The van der Waals surface area contributed by atoms with Crippen LogP contribution in [0.5, 0.6) is 5.88 Å². The second-order valence-electron chi connectivity index (χ2n) is 11.5. The molecule has 37 heavy (non-hydrogen) atoms. The lowest BCUT2D eigenvalue weighted by molar-refractivity contribution is -0.951. The Hall–Kier alpha value is -1.47. The van der Waals surface area contributed by atoms with Crippen LogP contribution in [-0.4, -0.2) is 52.2 Å². The van der Waals surface area contributed by atoms with Gasteiger partial charge in [-0.15, -0.1) is 4.37 Å². The standard InChI is InChI=1S/C30H52N3O3S/c1-4-6-8-10-11-12-13-21-27(34)36-30(25-18-14-15-19-25)33(3)22-17-20-26(24-33)28-29(32-37-31-28)35-23-16-9-7-5-2/h20,25,30H,4-19,21-24H2,1-3H3/q+1. The predicted octanol–water partition coefficient (Wildman–Crippen LogP) is 7.93. The van der Waals surface area contributed by atoms with Gasteiger partial charge in [-0.05, 0) is 25.7 Å². The van der Waals surface area contributed by atoms with E-state index in [1.54, 1.807) is 0 Å².